The van der Waals surface area contributed by atoms with E-state index in [4.69, 9.17) is 10.8 Å². The lowest BCUT2D eigenvalue weighted by Crippen LogP contribution is -2.18. The van der Waals surface area contributed by atoms with Crippen LogP contribution in [0.15, 0.2) is 12.3 Å². The zero-order valence-corrected chi connectivity index (χ0v) is 8.94. The molecule has 0 unspecified atom stereocenters. The highest BCUT2D eigenvalue weighted by Gasteiger charge is 2.18. The molecule has 1 saturated carbocycles. The van der Waals surface area contributed by atoms with E-state index in [0.717, 1.165) is 12.8 Å². The highest BCUT2D eigenvalue weighted by atomic mass is 16.4. The van der Waals surface area contributed by atoms with E-state index in [1.165, 1.54) is 25.1 Å². The summed E-state index contributed by atoms with van der Waals surface area (Å²) in [5.74, 6) is -0.575. The molecule has 1 aromatic rings. The lowest BCUT2D eigenvalue weighted by molar-refractivity contribution is 0.0697. The number of aromatic carboxylic acids is 1. The molecule has 5 heteroatoms. The van der Waals surface area contributed by atoms with Crippen molar-refractivity contribution >= 4 is 17.5 Å². The predicted octanol–water partition coefficient (Wildman–Crippen LogP) is 1.72. The zero-order valence-electron chi connectivity index (χ0n) is 8.94. The predicted molar refractivity (Wildman–Crippen MR) is 61.5 cm³/mol. The molecule has 2 rings (SSSR count). The Kier molecular flexibility index (Phi) is 2.94. The lowest BCUT2D eigenvalue weighted by atomic mass is 10.2. The SMILES string of the molecule is Nc1cnc(NC2CCCC2)c(C(=O)O)c1. The maximum absolute atomic E-state index is 11.0. The van der Waals surface area contributed by atoms with Crippen molar-refractivity contribution in [3.05, 3.63) is 17.8 Å². The molecule has 0 spiro atoms. The van der Waals surface area contributed by atoms with Gasteiger partial charge in [0.1, 0.15) is 11.4 Å². The fourth-order valence-corrected chi connectivity index (χ4v) is 2.02. The van der Waals surface area contributed by atoms with Crippen LogP contribution in [0.2, 0.25) is 0 Å². The van der Waals surface area contributed by atoms with Crippen LogP contribution >= 0.6 is 0 Å². The Labute approximate surface area is 93.7 Å². The third kappa shape index (κ3) is 2.24. The van der Waals surface area contributed by atoms with Gasteiger partial charge in [-0.25, -0.2) is 9.78 Å². The minimum absolute atomic E-state index is 0.145. The van der Waals surface area contributed by atoms with E-state index >= 15 is 0 Å². The van der Waals surface area contributed by atoms with Crippen molar-refractivity contribution in [2.45, 2.75) is 31.7 Å². The third-order valence-electron chi connectivity index (χ3n) is 2.84. The third-order valence-corrected chi connectivity index (χ3v) is 2.84. The first kappa shape index (κ1) is 10.7. The smallest absolute Gasteiger partial charge is 0.339 e. The van der Waals surface area contributed by atoms with Crippen LogP contribution in [0.4, 0.5) is 11.5 Å². The zero-order chi connectivity index (χ0) is 11.5. The number of carboxylic acids is 1. The molecule has 0 aromatic carbocycles. The fourth-order valence-electron chi connectivity index (χ4n) is 2.02. The van der Waals surface area contributed by atoms with Crippen LogP contribution in [0.5, 0.6) is 0 Å². The van der Waals surface area contributed by atoms with Gasteiger partial charge < -0.3 is 16.2 Å². The Morgan fingerprint density at radius 3 is 2.81 bits per heavy atom. The number of nitrogens with two attached hydrogens (primary N) is 1. The second-order valence-electron chi connectivity index (χ2n) is 4.10. The molecule has 1 aliphatic carbocycles. The number of nitrogen functional groups attached to an aromatic ring is 1. The molecular weight excluding hydrogens is 206 g/mol. The molecule has 86 valence electrons. The standard InChI is InChI=1S/C11H15N3O2/c12-7-5-9(11(15)16)10(13-6-7)14-8-3-1-2-4-8/h5-6,8H,1-4,12H2,(H,13,14)(H,15,16). The van der Waals surface area contributed by atoms with E-state index in [-0.39, 0.29) is 5.56 Å². The molecule has 0 aliphatic heterocycles. The molecule has 0 radical (unpaired) electrons. The Balaban J connectivity index is 2.21. The first-order chi connectivity index (χ1) is 7.66. The van der Waals surface area contributed by atoms with Gasteiger partial charge in [0.2, 0.25) is 0 Å². The average Bonchev–Trinajstić information content (AvgIpc) is 2.73. The number of nitrogens with zero attached hydrogens (tertiary/aromatic N) is 1. The molecule has 1 fully saturated rings. The second-order valence-corrected chi connectivity index (χ2v) is 4.10. The number of pyridine rings is 1. The van der Waals surface area contributed by atoms with Gasteiger partial charge in [-0.3, -0.25) is 0 Å². The van der Waals surface area contributed by atoms with Gasteiger partial charge in [0.25, 0.3) is 0 Å². The minimum atomic E-state index is -1.000. The second kappa shape index (κ2) is 4.38. The van der Waals surface area contributed by atoms with Crippen LogP contribution < -0.4 is 11.1 Å². The first-order valence-corrected chi connectivity index (χ1v) is 5.42. The summed E-state index contributed by atoms with van der Waals surface area (Å²) in [6.45, 7) is 0. The number of hydrogen-bond acceptors (Lipinski definition) is 4. The number of carboxylic acid groups (broad SMARTS) is 1. The molecule has 0 atom stereocenters. The molecule has 0 saturated heterocycles. The maximum Gasteiger partial charge on any atom is 0.339 e. The molecular formula is C11H15N3O2. The van der Waals surface area contributed by atoms with Crippen LogP contribution in [-0.2, 0) is 0 Å². The van der Waals surface area contributed by atoms with Gasteiger partial charge in [0, 0.05) is 6.04 Å². The van der Waals surface area contributed by atoms with Crippen LogP contribution in [0.25, 0.3) is 0 Å². The maximum atomic E-state index is 11.0. The van der Waals surface area contributed by atoms with Crippen LogP contribution in [0.1, 0.15) is 36.0 Å². The van der Waals surface area contributed by atoms with Gasteiger partial charge in [-0.15, -0.1) is 0 Å². The van der Waals surface area contributed by atoms with E-state index in [2.05, 4.69) is 10.3 Å². The normalized spacial score (nSPS) is 16.2. The quantitative estimate of drug-likeness (QED) is 0.723. The topological polar surface area (TPSA) is 88.2 Å². The highest BCUT2D eigenvalue weighted by Crippen LogP contribution is 2.23. The van der Waals surface area contributed by atoms with Gasteiger partial charge in [0.05, 0.1) is 11.9 Å². The first-order valence-electron chi connectivity index (χ1n) is 5.42. The van der Waals surface area contributed by atoms with Crippen LogP contribution in [0, 0.1) is 0 Å². The Bertz CT molecular complexity index is 400. The van der Waals surface area contributed by atoms with Crippen LogP contribution in [-0.4, -0.2) is 22.1 Å². The summed E-state index contributed by atoms with van der Waals surface area (Å²) in [6, 6.07) is 1.78. The van der Waals surface area contributed by atoms with Crippen molar-refractivity contribution in [2.75, 3.05) is 11.1 Å². The number of hydrogen-bond donors (Lipinski definition) is 3. The Morgan fingerprint density at radius 2 is 2.19 bits per heavy atom. The molecule has 1 aliphatic rings. The van der Waals surface area contributed by atoms with E-state index in [0.29, 0.717) is 17.5 Å². The Morgan fingerprint density at radius 1 is 1.50 bits per heavy atom. The molecule has 0 amide bonds. The van der Waals surface area contributed by atoms with E-state index in [9.17, 15) is 4.79 Å². The number of anilines is 2. The summed E-state index contributed by atoms with van der Waals surface area (Å²) in [6.07, 6.45) is 6.00. The van der Waals surface area contributed by atoms with Gasteiger partial charge in [-0.05, 0) is 18.9 Å². The molecule has 1 aromatic heterocycles. The molecule has 5 nitrogen and oxygen atoms in total. The number of carbonyl (C=O) groups is 1. The number of aromatic nitrogens is 1. The molecule has 1 heterocycles. The van der Waals surface area contributed by atoms with Gasteiger partial charge in [0.15, 0.2) is 0 Å². The molecule has 0 bridgehead atoms. The van der Waals surface area contributed by atoms with Crippen molar-refractivity contribution in [1.82, 2.24) is 4.98 Å². The van der Waals surface area contributed by atoms with Gasteiger partial charge in [-0.2, -0.15) is 0 Å². The lowest BCUT2D eigenvalue weighted by Gasteiger charge is -2.14. The number of rotatable bonds is 3. The Hall–Kier alpha value is -1.78. The van der Waals surface area contributed by atoms with Crippen LogP contribution in [0.3, 0.4) is 0 Å². The fraction of sp³-hybridized carbons (Fsp3) is 0.455. The summed E-state index contributed by atoms with van der Waals surface area (Å²) < 4.78 is 0. The van der Waals surface area contributed by atoms with Crippen molar-refractivity contribution in [1.29, 1.82) is 0 Å². The largest absolute Gasteiger partial charge is 0.478 e. The van der Waals surface area contributed by atoms with E-state index in [1.54, 1.807) is 0 Å². The highest BCUT2D eigenvalue weighted by molar-refractivity contribution is 5.94. The summed E-state index contributed by atoms with van der Waals surface area (Å²) in [4.78, 5) is 15.1. The average molecular weight is 221 g/mol. The van der Waals surface area contributed by atoms with Gasteiger partial charge >= 0.3 is 5.97 Å². The van der Waals surface area contributed by atoms with E-state index < -0.39 is 5.97 Å². The van der Waals surface area contributed by atoms with Crippen molar-refractivity contribution < 1.29 is 9.90 Å². The summed E-state index contributed by atoms with van der Waals surface area (Å²) in [5, 5.41) is 12.2. The van der Waals surface area contributed by atoms with Crippen molar-refractivity contribution in [2.24, 2.45) is 0 Å². The molecule has 4 N–H and O–H groups in total. The number of nitrogens with one attached hydrogen (secondary N) is 1. The minimum Gasteiger partial charge on any atom is -0.478 e. The van der Waals surface area contributed by atoms with Crippen molar-refractivity contribution in [3.63, 3.8) is 0 Å². The van der Waals surface area contributed by atoms with Crippen molar-refractivity contribution in [3.8, 4) is 0 Å². The monoisotopic (exact) mass is 221 g/mol. The van der Waals surface area contributed by atoms with Gasteiger partial charge in [-0.1, -0.05) is 12.8 Å². The summed E-state index contributed by atoms with van der Waals surface area (Å²) in [5.41, 5.74) is 6.03. The summed E-state index contributed by atoms with van der Waals surface area (Å²) >= 11 is 0. The summed E-state index contributed by atoms with van der Waals surface area (Å²) in [7, 11) is 0. The van der Waals surface area contributed by atoms with E-state index in [1.807, 2.05) is 0 Å². The molecule has 16 heavy (non-hydrogen) atoms.